The Morgan fingerprint density at radius 2 is 1.41 bits per heavy atom. The van der Waals surface area contributed by atoms with E-state index in [4.69, 9.17) is 9.47 Å². The predicted octanol–water partition coefficient (Wildman–Crippen LogP) is 1.65. The van der Waals surface area contributed by atoms with Crippen molar-refractivity contribution in [1.29, 1.82) is 0 Å². The number of aryl methyl sites for hydroxylation is 1. The van der Waals surface area contributed by atoms with E-state index in [1.165, 1.54) is 20.0 Å². The van der Waals surface area contributed by atoms with Crippen LogP contribution >= 0.6 is 0 Å². The standard InChI is InChI=1S/C27H28N2O8/c1-12(2)26(34)36-8-9-37-27(35)19-13(3)6-5-7-18(19)29-24(32)16-11-17(25(29)33)21-15-10-14(20(16)21)22(30)28(4)23(15)31/h5-7,14-17,20-21H,1,8-11H2,2-4H3. The van der Waals surface area contributed by atoms with Gasteiger partial charge in [-0.1, -0.05) is 18.7 Å². The number of piperidine rings is 2. The molecule has 10 nitrogen and oxygen atoms in total. The number of esters is 2. The molecular formula is C27H28N2O8. The maximum absolute atomic E-state index is 13.8. The first-order valence-corrected chi connectivity index (χ1v) is 12.3. The first-order valence-electron chi connectivity index (χ1n) is 12.3. The lowest BCUT2D eigenvalue weighted by atomic mass is 9.82. The number of ether oxygens (including phenoxy) is 2. The molecule has 4 fully saturated rings. The minimum absolute atomic E-state index is 0.0639. The molecule has 1 aromatic rings. The lowest BCUT2D eigenvalue weighted by molar-refractivity contribution is -0.152. The molecule has 6 atom stereocenters. The molecule has 2 saturated carbocycles. The van der Waals surface area contributed by atoms with Gasteiger partial charge in [0.25, 0.3) is 0 Å². The van der Waals surface area contributed by atoms with Crippen LogP contribution in [0.4, 0.5) is 5.69 Å². The number of fused-ring (bicyclic) bond motifs is 9. The van der Waals surface area contributed by atoms with E-state index in [1.807, 2.05) is 0 Å². The highest BCUT2D eigenvalue weighted by molar-refractivity contribution is 6.22. The molecule has 10 heteroatoms. The van der Waals surface area contributed by atoms with Gasteiger partial charge in [0.2, 0.25) is 23.6 Å². The van der Waals surface area contributed by atoms with Crippen LogP contribution < -0.4 is 4.90 Å². The number of carbonyl (C=O) groups excluding carboxylic acids is 6. The van der Waals surface area contributed by atoms with Crippen LogP contribution in [0, 0.1) is 42.4 Å². The van der Waals surface area contributed by atoms with Gasteiger partial charge in [-0.3, -0.25) is 24.1 Å². The summed E-state index contributed by atoms with van der Waals surface area (Å²) in [6.45, 7) is 6.26. The molecular weight excluding hydrogens is 480 g/mol. The molecule has 2 heterocycles. The SMILES string of the molecule is C=C(C)C(=O)OCCOC(=O)c1c(C)cccc1N1C(=O)C2CC(C1=O)C1C3CC(C(=O)N(C)C3=O)C21. The van der Waals surface area contributed by atoms with Crippen molar-refractivity contribution in [3.63, 3.8) is 0 Å². The molecule has 0 N–H and O–H groups in total. The molecule has 0 radical (unpaired) electrons. The molecule has 5 rings (SSSR count). The van der Waals surface area contributed by atoms with Gasteiger partial charge in [0, 0.05) is 36.3 Å². The summed E-state index contributed by atoms with van der Waals surface area (Å²) in [5.41, 5.74) is 0.903. The first-order chi connectivity index (χ1) is 17.5. The molecule has 1 aromatic carbocycles. The van der Waals surface area contributed by atoms with Crippen LogP contribution in [0.1, 0.15) is 35.7 Å². The van der Waals surface area contributed by atoms with Gasteiger partial charge in [-0.05, 0) is 50.2 Å². The molecule has 4 bridgehead atoms. The van der Waals surface area contributed by atoms with E-state index in [0.717, 1.165) is 9.80 Å². The summed E-state index contributed by atoms with van der Waals surface area (Å²) in [6.07, 6.45) is 0.684. The second-order valence-corrected chi connectivity index (χ2v) is 10.3. The van der Waals surface area contributed by atoms with E-state index in [0.29, 0.717) is 18.4 Å². The average molecular weight is 509 g/mol. The van der Waals surface area contributed by atoms with Gasteiger partial charge >= 0.3 is 11.9 Å². The van der Waals surface area contributed by atoms with Crippen molar-refractivity contribution in [1.82, 2.24) is 4.90 Å². The second kappa shape index (κ2) is 8.93. The minimum Gasteiger partial charge on any atom is -0.459 e. The van der Waals surface area contributed by atoms with Crippen LogP contribution in [-0.4, -0.2) is 60.7 Å². The van der Waals surface area contributed by atoms with Gasteiger partial charge in [-0.25, -0.2) is 14.5 Å². The Morgan fingerprint density at radius 1 is 0.892 bits per heavy atom. The Hall–Kier alpha value is -3.82. The fraction of sp³-hybridized carbons (Fsp3) is 0.481. The number of nitrogens with zero attached hydrogens (tertiary/aromatic N) is 2. The minimum atomic E-state index is -0.762. The van der Waals surface area contributed by atoms with E-state index < -0.39 is 47.4 Å². The summed E-state index contributed by atoms with van der Waals surface area (Å²) >= 11 is 0. The number of rotatable bonds is 6. The van der Waals surface area contributed by atoms with Crippen molar-refractivity contribution in [3.8, 4) is 0 Å². The Kier molecular flexibility index (Phi) is 6.00. The fourth-order valence-corrected chi connectivity index (χ4v) is 6.72. The topological polar surface area (TPSA) is 127 Å². The van der Waals surface area contributed by atoms with Gasteiger partial charge in [0.1, 0.15) is 13.2 Å². The first kappa shape index (κ1) is 24.9. The van der Waals surface area contributed by atoms with Crippen LogP contribution in [-0.2, 0) is 33.4 Å². The third-order valence-electron chi connectivity index (χ3n) is 8.28. The number of amides is 4. The molecule has 2 aliphatic carbocycles. The zero-order chi connectivity index (χ0) is 26.8. The molecule has 0 spiro atoms. The number of hydrogen-bond acceptors (Lipinski definition) is 8. The summed E-state index contributed by atoms with van der Waals surface area (Å²) in [5.74, 6) is -5.72. The summed E-state index contributed by atoms with van der Waals surface area (Å²) in [7, 11) is 1.46. The summed E-state index contributed by atoms with van der Waals surface area (Å²) in [6, 6.07) is 4.83. The van der Waals surface area contributed by atoms with E-state index in [1.54, 1.807) is 19.1 Å². The van der Waals surface area contributed by atoms with Crippen LogP contribution in [0.5, 0.6) is 0 Å². The van der Waals surface area contributed by atoms with Gasteiger partial charge in [0.05, 0.1) is 11.3 Å². The highest BCUT2D eigenvalue weighted by atomic mass is 16.6. The maximum atomic E-state index is 13.8. The quantitative estimate of drug-likeness (QED) is 0.187. The van der Waals surface area contributed by atoms with Crippen molar-refractivity contribution < 1.29 is 38.2 Å². The predicted molar refractivity (Wildman–Crippen MR) is 128 cm³/mol. The number of carbonyl (C=O) groups is 6. The summed E-state index contributed by atoms with van der Waals surface area (Å²) in [4.78, 5) is 80.0. The van der Waals surface area contributed by atoms with Crippen molar-refractivity contribution in [2.45, 2.75) is 26.7 Å². The molecule has 2 saturated heterocycles. The molecule has 194 valence electrons. The lowest BCUT2D eigenvalue weighted by Crippen LogP contribution is -2.51. The third-order valence-corrected chi connectivity index (χ3v) is 8.28. The van der Waals surface area contributed by atoms with Gasteiger partial charge in [-0.15, -0.1) is 0 Å². The molecule has 4 amide bonds. The smallest absolute Gasteiger partial charge is 0.340 e. The number of imide groups is 2. The van der Waals surface area contributed by atoms with Gasteiger partial charge in [0.15, 0.2) is 0 Å². The third kappa shape index (κ3) is 3.69. The molecule has 4 aliphatic rings. The Balaban J connectivity index is 1.42. The normalized spacial score (nSPS) is 29.9. The second-order valence-electron chi connectivity index (χ2n) is 10.3. The summed E-state index contributed by atoms with van der Waals surface area (Å²) in [5, 5.41) is 0. The zero-order valence-electron chi connectivity index (χ0n) is 20.9. The van der Waals surface area contributed by atoms with Crippen molar-refractivity contribution in [2.75, 3.05) is 25.2 Å². The molecule has 0 aromatic heterocycles. The van der Waals surface area contributed by atoms with Crippen LogP contribution in [0.3, 0.4) is 0 Å². The van der Waals surface area contributed by atoms with E-state index in [9.17, 15) is 28.8 Å². The van der Waals surface area contributed by atoms with Crippen LogP contribution in [0.25, 0.3) is 0 Å². The van der Waals surface area contributed by atoms with Crippen LogP contribution in [0.2, 0.25) is 0 Å². The highest BCUT2D eigenvalue weighted by Gasteiger charge is 2.68. The molecule has 6 unspecified atom stereocenters. The van der Waals surface area contributed by atoms with Crippen molar-refractivity contribution in [3.05, 3.63) is 41.5 Å². The van der Waals surface area contributed by atoms with Crippen molar-refractivity contribution >= 4 is 41.3 Å². The van der Waals surface area contributed by atoms with Gasteiger partial charge < -0.3 is 9.47 Å². The van der Waals surface area contributed by atoms with E-state index in [2.05, 4.69) is 6.58 Å². The number of hydrogen-bond donors (Lipinski definition) is 0. The molecule has 37 heavy (non-hydrogen) atoms. The number of likely N-dealkylation sites (tertiary alicyclic amines) is 1. The number of anilines is 1. The fourth-order valence-electron chi connectivity index (χ4n) is 6.72. The highest BCUT2D eigenvalue weighted by Crippen LogP contribution is 2.61. The Labute approximate surface area is 213 Å². The zero-order valence-corrected chi connectivity index (χ0v) is 20.9. The van der Waals surface area contributed by atoms with Crippen LogP contribution in [0.15, 0.2) is 30.4 Å². The van der Waals surface area contributed by atoms with Gasteiger partial charge in [-0.2, -0.15) is 0 Å². The summed E-state index contributed by atoms with van der Waals surface area (Å²) < 4.78 is 10.2. The maximum Gasteiger partial charge on any atom is 0.340 e. The lowest BCUT2D eigenvalue weighted by Gasteiger charge is -2.36. The average Bonchev–Trinajstić information content (AvgIpc) is 3.39. The van der Waals surface area contributed by atoms with E-state index >= 15 is 0 Å². The number of benzene rings is 1. The Bertz CT molecular complexity index is 1220. The van der Waals surface area contributed by atoms with Crippen molar-refractivity contribution in [2.24, 2.45) is 35.5 Å². The monoisotopic (exact) mass is 508 g/mol. The van der Waals surface area contributed by atoms with E-state index in [-0.39, 0.29) is 53.7 Å². The largest absolute Gasteiger partial charge is 0.459 e. The Morgan fingerprint density at radius 3 is 1.95 bits per heavy atom. The molecule has 2 aliphatic heterocycles.